The van der Waals surface area contributed by atoms with E-state index in [1.54, 1.807) is 18.2 Å². The molecule has 0 aromatic rings. The van der Waals surface area contributed by atoms with Crippen LogP contribution >= 0.6 is 0 Å². The van der Waals surface area contributed by atoms with Crippen molar-refractivity contribution in [3.05, 3.63) is 36.1 Å². The standard InChI is InChI=1S/C11H12O3/c1-2-4-7-9(12)10(13)8-5-3-6-14-11(7)8/h2-3,5,7,11,13H,1,4,6H2/t7-,11-/m0/s1. The summed E-state index contributed by atoms with van der Waals surface area (Å²) in [7, 11) is 0. The summed E-state index contributed by atoms with van der Waals surface area (Å²) < 4.78 is 5.43. The van der Waals surface area contributed by atoms with E-state index < -0.39 is 0 Å². The molecule has 74 valence electrons. The Morgan fingerprint density at radius 3 is 3.21 bits per heavy atom. The molecule has 1 N–H and O–H groups in total. The Kier molecular flexibility index (Phi) is 2.25. The molecule has 0 aromatic carbocycles. The fourth-order valence-electron chi connectivity index (χ4n) is 1.93. The summed E-state index contributed by atoms with van der Waals surface area (Å²) in [6.07, 6.45) is 5.52. The van der Waals surface area contributed by atoms with Gasteiger partial charge >= 0.3 is 0 Å². The number of Topliss-reactive ketones (excluding diaryl/α,β-unsaturated/α-hetero) is 1. The first-order valence-electron chi connectivity index (χ1n) is 4.62. The number of carbonyl (C=O) groups is 1. The third-order valence-electron chi connectivity index (χ3n) is 2.61. The molecule has 2 aliphatic rings. The minimum atomic E-state index is -0.285. The summed E-state index contributed by atoms with van der Waals surface area (Å²) in [4.78, 5) is 11.6. The van der Waals surface area contributed by atoms with Crippen LogP contribution in [-0.4, -0.2) is 23.6 Å². The Morgan fingerprint density at radius 1 is 1.71 bits per heavy atom. The van der Waals surface area contributed by atoms with Crippen LogP contribution in [0.3, 0.4) is 0 Å². The van der Waals surface area contributed by atoms with Gasteiger partial charge in [0.05, 0.1) is 18.6 Å². The van der Waals surface area contributed by atoms with E-state index in [4.69, 9.17) is 4.74 Å². The molecular formula is C11H12O3. The highest BCUT2D eigenvalue weighted by molar-refractivity contribution is 6.00. The third kappa shape index (κ3) is 1.21. The molecule has 1 heterocycles. The molecular weight excluding hydrogens is 180 g/mol. The second-order valence-corrected chi connectivity index (χ2v) is 3.46. The molecule has 0 amide bonds. The lowest BCUT2D eigenvalue weighted by atomic mass is 9.96. The lowest BCUT2D eigenvalue weighted by molar-refractivity contribution is -0.123. The van der Waals surface area contributed by atoms with Crippen molar-refractivity contribution in [2.45, 2.75) is 12.5 Å². The first-order valence-corrected chi connectivity index (χ1v) is 4.62. The number of carbonyl (C=O) groups excluding carboxylic acids is 1. The van der Waals surface area contributed by atoms with E-state index in [9.17, 15) is 9.90 Å². The topological polar surface area (TPSA) is 46.5 Å². The number of ketones is 1. The number of aliphatic hydroxyl groups is 1. The molecule has 3 heteroatoms. The van der Waals surface area contributed by atoms with Crippen LogP contribution in [0.4, 0.5) is 0 Å². The van der Waals surface area contributed by atoms with Crippen molar-refractivity contribution in [1.29, 1.82) is 0 Å². The van der Waals surface area contributed by atoms with Crippen molar-refractivity contribution in [2.75, 3.05) is 6.61 Å². The van der Waals surface area contributed by atoms with Gasteiger partial charge in [-0.2, -0.15) is 0 Å². The van der Waals surface area contributed by atoms with Gasteiger partial charge < -0.3 is 9.84 Å². The van der Waals surface area contributed by atoms with Crippen LogP contribution in [-0.2, 0) is 9.53 Å². The van der Waals surface area contributed by atoms with Gasteiger partial charge in [-0.05, 0) is 6.42 Å². The van der Waals surface area contributed by atoms with Gasteiger partial charge in [-0.1, -0.05) is 18.2 Å². The van der Waals surface area contributed by atoms with Crippen LogP contribution < -0.4 is 0 Å². The predicted molar refractivity (Wildman–Crippen MR) is 51.8 cm³/mol. The molecule has 0 saturated carbocycles. The SMILES string of the molecule is C=CC[C@H]1C(=O)C(O)=C2C=CCO[C@H]21. The average Bonchev–Trinajstić information content (AvgIpc) is 2.45. The van der Waals surface area contributed by atoms with E-state index >= 15 is 0 Å². The highest BCUT2D eigenvalue weighted by atomic mass is 16.5. The molecule has 0 fully saturated rings. The Balaban J connectivity index is 2.33. The molecule has 2 atom stereocenters. The maximum Gasteiger partial charge on any atom is 0.203 e. The van der Waals surface area contributed by atoms with Crippen molar-refractivity contribution < 1.29 is 14.6 Å². The maximum atomic E-state index is 11.6. The highest BCUT2D eigenvalue weighted by Gasteiger charge is 2.41. The molecule has 0 unspecified atom stereocenters. The lowest BCUT2D eigenvalue weighted by Crippen LogP contribution is -2.26. The molecule has 3 nitrogen and oxygen atoms in total. The maximum absolute atomic E-state index is 11.6. The fourth-order valence-corrected chi connectivity index (χ4v) is 1.93. The smallest absolute Gasteiger partial charge is 0.203 e. The number of aliphatic hydroxyl groups excluding tert-OH is 1. The van der Waals surface area contributed by atoms with E-state index in [2.05, 4.69) is 6.58 Å². The van der Waals surface area contributed by atoms with Gasteiger partial charge in [0.1, 0.15) is 0 Å². The first kappa shape index (κ1) is 9.21. The number of hydrogen-bond acceptors (Lipinski definition) is 3. The molecule has 1 aliphatic heterocycles. The minimum Gasteiger partial charge on any atom is -0.504 e. The zero-order valence-electron chi connectivity index (χ0n) is 7.77. The summed E-state index contributed by atoms with van der Waals surface area (Å²) in [6.45, 7) is 4.10. The average molecular weight is 192 g/mol. The number of fused-ring (bicyclic) bond motifs is 1. The van der Waals surface area contributed by atoms with Gasteiger partial charge in [0.2, 0.25) is 5.78 Å². The molecule has 0 radical (unpaired) electrons. The van der Waals surface area contributed by atoms with Gasteiger partial charge in [0.25, 0.3) is 0 Å². The summed E-state index contributed by atoms with van der Waals surface area (Å²) in [5.41, 5.74) is 0.619. The monoisotopic (exact) mass is 192 g/mol. The number of allylic oxidation sites excluding steroid dienone is 2. The Morgan fingerprint density at radius 2 is 2.50 bits per heavy atom. The zero-order chi connectivity index (χ0) is 10.1. The molecule has 1 aliphatic carbocycles. The number of ether oxygens (including phenoxy) is 1. The van der Waals surface area contributed by atoms with Crippen molar-refractivity contribution in [3.63, 3.8) is 0 Å². The molecule has 0 bridgehead atoms. The van der Waals surface area contributed by atoms with E-state index in [-0.39, 0.29) is 23.6 Å². The van der Waals surface area contributed by atoms with Crippen molar-refractivity contribution in [3.8, 4) is 0 Å². The van der Waals surface area contributed by atoms with Crippen molar-refractivity contribution in [1.82, 2.24) is 0 Å². The molecule has 14 heavy (non-hydrogen) atoms. The molecule has 2 rings (SSSR count). The van der Waals surface area contributed by atoms with E-state index in [0.29, 0.717) is 18.6 Å². The van der Waals surface area contributed by atoms with Gasteiger partial charge in [0, 0.05) is 5.57 Å². The van der Waals surface area contributed by atoms with Gasteiger partial charge in [-0.3, -0.25) is 4.79 Å². The molecule has 0 aromatic heterocycles. The summed E-state index contributed by atoms with van der Waals surface area (Å²) in [5, 5.41) is 9.55. The van der Waals surface area contributed by atoms with E-state index in [1.807, 2.05) is 0 Å². The molecule has 0 saturated heterocycles. The molecule has 0 spiro atoms. The summed E-state index contributed by atoms with van der Waals surface area (Å²) in [6, 6.07) is 0. The Bertz CT molecular complexity index is 338. The van der Waals surface area contributed by atoms with Gasteiger partial charge in [-0.15, -0.1) is 6.58 Å². The van der Waals surface area contributed by atoms with E-state index in [0.717, 1.165) is 0 Å². The highest BCUT2D eigenvalue weighted by Crippen LogP contribution is 2.34. The zero-order valence-corrected chi connectivity index (χ0v) is 7.77. The predicted octanol–water partition coefficient (Wildman–Crippen LogP) is 1.53. The summed E-state index contributed by atoms with van der Waals surface area (Å²) in [5.74, 6) is -0.651. The van der Waals surface area contributed by atoms with Gasteiger partial charge in [-0.25, -0.2) is 0 Å². The van der Waals surface area contributed by atoms with Gasteiger partial charge in [0.15, 0.2) is 5.76 Å². The van der Waals surface area contributed by atoms with Crippen LogP contribution in [0.15, 0.2) is 36.1 Å². The normalized spacial score (nSPS) is 30.7. The van der Waals surface area contributed by atoms with Crippen LogP contribution in [0.1, 0.15) is 6.42 Å². The van der Waals surface area contributed by atoms with Crippen LogP contribution in [0.5, 0.6) is 0 Å². The van der Waals surface area contributed by atoms with Crippen LogP contribution in [0, 0.1) is 5.92 Å². The second kappa shape index (κ2) is 3.42. The summed E-state index contributed by atoms with van der Waals surface area (Å²) >= 11 is 0. The second-order valence-electron chi connectivity index (χ2n) is 3.46. The van der Waals surface area contributed by atoms with Crippen LogP contribution in [0.2, 0.25) is 0 Å². The van der Waals surface area contributed by atoms with Crippen LogP contribution in [0.25, 0.3) is 0 Å². The Hall–Kier alpha value is -1.35. The first-order chi connectivity index (χ1) is 6.75. The number of rotatable bonds is 2. The van der Waals surface area contributed by atoms with E-state index in [1.165, 1.54) is 0 Å². The minimum absolute atomic E-state index is 0.141. The fraction of sp³-hybridized carbons (Fsp3) is 0.364. The third-order valence-corrected chi connectivity index (χ3v) is 2.61. The lowest BCUT2D eigenvalue weighted by Gasteiger charge is -2.21. The largest absolute Gasteiger partial charge is 0.504 e. The van der Waals surface area contributed by atoms with Crippen molar-refractivity contribution in [2.24, 2.45) is 5.92 Å². The Labute approximate surface area is 82.4 Å². The quantitative estimate of drug-likeness (QED) is 0.675. The number of hydrogen-bond donors (Lipinski definition) is 1. The van der Waals surface area contributed by atoms with Crippen molar-refractivity contribution >= 4 is 5.78 Å².